The van der Waals surface area contributed by atoms with Crippen LogP contribution in [0.25, 0.3) is 0 Å². The summed E-state index contributed by atoms with van der Waals surface area (Å²) in [5.41, 5.74) is 1.36. The molecule has 0 heterocycles. The Morgan fingerprint density at radius 1 is 1.00 bits per heavy atom. The molecule has 0 aliphatic heterocycles. The second kappa shape index (κ2) is 9.20. The summed E-state index contributed by atoms with van der Waals surface area (Å²) in [6.45, 7) is 9.56. The number of ether oxygens (including phenoxy) is 1. The molecule has 96 valence electrons. The van der Waals surface area contributed by atoms with Gasteiger partial charge in [0.25, 0.3) is 0 Å². The summed E-state index contributed by atoms with van der Waals surface area (Å²) >= 11 is 0. The van der Waals surface area contributed by atoms with Crippen molar-refractivity contribution in [3.05, 3.63) is 35.9 Å². The van der Waals surface area contributed by atoms with E-state index in [-0.39, 0.29) is 0 Å². The van der Waals surface area contributed by atoms with Gasteiger partial charge in [-0.15, -0.1) is 0 Å². The molecule has 0 radical (unpaired) electrons. The first-order valence-electron chi connectivity index (χ1n) is 6.70. The molecular weight excluding hydrogens is 210 g/mol. The fourth-order valence-corrected chi connectivity index (χ4v) is 1.87. The lowest BCUT2D eigenvalue weighted by molar-refractivity contribution is 0.124. The Kier molecular flexibility index (Phi) is 7.69. The molecular formula is C15H25NO. The van der Waals surface area contributed by atoms with E-state index in [1.807, 2.05) is 0 Å². The van der Waals surface area contributed by atoms with E-state index in [4.69, 9.17) is 4.74 Å². The minimum atomic E-state index is 0.836. The van der Waals surface area contributed by atoms with Crippen molar-refractivity contribution in [1.82, 2.24) is 4.90 Å². The smallest absolute Gasteiger partial charge is 0.0506 e. The van der Waals surface area contributed by atoms with Crippen LogP contribution >= 0.6 is 0 Å². The molecule has 0 fully saturated rings. The van der Waals surface area contributed by atoms with Gasteiger partial charge in [0.15, 0.2) is 0 Å². The van der Waals surface area contributed by atoms with Gasteiger partial charge in [-0.2, -0.15) is 0 Å². The lowest BCUT2D eigenvalue weighted by Gasteiger charge is -2.17. The van der Waals surface area contributed by atoms with Gasteiger partial charge in [0, 0.05) is 13.2 Å². The highest BCUT2D eigenvalue weighted by Gasteiger charge is 1.98. The molecule has 0 atom stereocenters. The van der Waals surface area contributed by atoms with Crippen molar-refractivity contribution in [2.24, 2.45) is 0 Å². The maximum Gasteiger partial charge on any atom is 0.0506 e. The zero-order chi connectivity index (χ0) is 12.3. The summed E-state index contributed by atoms with van der Waals surface area (Å²) in [5.74, 6) is 0. The molecule has 1 aromatic rings. The average molecular weight is 235 g/mol. The summed E-state index contributed by atoms with van der Waals surface area (Å²) in [6, 6.07) is 10.5. The van der Waals surface area contributed by atoms with Crippen LogP contribution in [0.3, 0.4) is 0 Å². The number of benzene rings is 1. The molecule has 0 N–H and O–H groups in total. The number of nitrogens with zero attached hydrogens (tertiary/aromatic N) is 1. The van der Waals surface area contributed by atoms with Crippen molar-refractivity contribution in [2.75, 3.05) is 32.8 Å². The summed E-state index contributed by atoms with van der Waals surface area (Å²) in [7, 11) is 0. The Morgan fingerprint density at radius 2 is 1.71 bits per heavy atom. The molecule has 0 amide bonds. The van der Waals surface area contributed by atoms with E-state index in [0.29, 0.717) is 0 Å². The van der Waals surface area contributed by atoms with Gasteiger partial charge in [-0.1, -0.05) is 44.2 Å². The molecule has 1 rings (SSSR count). The number of rotatable bonds is 9. The predicted molar refractivity (Wildman–Crippen MR) is 73.4 cm³/mol. The molecule has 1 aromatic carbocycles. The van der Waals surface area contributed by atoms with Crippen molar-refractivity contribution < 1.29 is 4.74 Å². The molecule has 0 aliphatic carbocycles. The molecule has 0 saturated heterocycles. The minimum absolute atomic E-state index is 0.836. The van der Waals surface area contributed by atoms with Crippen LogP contribution in [0.4, 0.5) is 0 Å². The van der Waals surface area contributed by atoms with Crippen LogP contribution in [0.15, 0.2) is 30.3 Å². The molecule has 2 heteroatoms. The Bertz CT molecular complexity index is 270. The van der Waals surface area contributed by atoms with Crippen molar-refractivity contribution in [2.45, 2.75) is 26.7 Å². The standard InChI is InChI=1S/C15H25NO/c1-3-16(4-2)12-8-13-17-14-11-15-9-6-5-7-10-15/h5-7,9-10H,3-4,8,11-14H2,1-2H3. The molecule has 0 aliphatic rings. The predicted octanol–water partition coefficient (Wildman–Crippen LogP) is 2.98. The lowest BCUT2D eigenvalue weighted by Crippen LogP contribution is -2.24. The van der Waals surface area contributed by atoms with Crippen molar-refractivity contribution in [3.8, 4) is 0 Å². The molecule has 0 aromatic heterocycles. The molecule has 0 unspecified atom stereocenters. The molecule has 0 spiro atoms. The first-order chi connectivity index (χ1) is 8.36. The van der Waals surface area contributed by atoms with Crippen LogP contribution in [0.1, 0.15) is 25.8 Å². The van der Waals surface area contributed by atoms with Gasteiger partial charge in [0.2, 0.25) is 0 Å². The van der Waals surface area contributed by atoms with E-state index in [0.717, 1.165) is 45.7 Å². The summed E-state index contributed by atoms with van der Waals surface area (Å²) in [5, 5.41) is 0. The van der Waals surface area contributed by atoms with E-state index < -0.39 is 0 Å². The first kappa shape index (κ1) is 14.2. The zero-order valence-corrected chi connectivity index (χ0v) is 11.2. The average Bonchev–Trinajstić information content (AvgIpc) is 2.39. The van der Waals surface area contributed by atoms with Crippen molar-refractivity contribution in [3.63, 3.8) is 0 Å². The Balaban J connectivity index is 1.98. The van der Waals surface area contributed by atoms with Gasteiger partial charge in [0.1, 0.15) is 0 Å². The van der Waals surface area contributed by atoms with Crippen LogP contribution in [-0.4, -0.2) is 37.7 Å². The van der Waals surface area contributed by atoms with E-state index in [1.54, 1.807) is 0 Å². The van der Waals surface area contributed by atoms with E-state index in [9.17, 15) is 0 Å². The van der Waals surface area contributed by atoms with Crippen LogP contribution in [-0.2, 0) is 11.2 Å². The second-order valence-corrected chi connectivity index (χ2v) is 4.23. The fraction of sp³-hybridized carbons (Fsp3) is 0.600. The van der Waals surface area contributed by atoms with E-state index in [1.165, 1.54) is 5.56 Å². The van der Waals surface area contributed by atoms with Gasteiger partial charge < -0.3 is 9.64 Å². The highest BCUT2D eigenvalue weighted by Crippen LogP contribution is 2.00. The highest BCUT2D eigenvalue weighted by atomic mass is 16.5. The monoisotopic (exact) mass is 235 g/mol. The van der Waals surface area contributed by atoms with Gasteiger partial charge in [0.05, 0.1) is 6.61 Å². The first-order valence-corrected chi connectivity index (χ1v) is 6.70. The number of hydrogen-bond donors (Lipinski definition) is 0. The lowest BCUT2D eigenvalue weighted by atomic mass is 10.2. The third-order valence-electron chi connectivity index (χ3n) is 3.04. The SMILES string of the molecule is CCN(CC)CCCOCCc1ccccc1. The van der Waals surface area contributed by atoms with Gasteiger partial charge >= 0.3 is 0 Å². The maximum atomic E-state index is 5.65. The second-order valence-electron chi connectivity index (χ2n) is 4.23. The maximum absolute atomic E-state index is 5.65. The van der Waals surface area contributed by atoms with Crippen LogP contribution in [0, 0.1) is 0 Å². The van der Waals surface area contributed by atoms with Gasteiger partial charge in [-0.25, -0.2) is 0 Å². The van der Waals surface area contributed by atoms with Crippen LogP contribution in [0.5, 0.6) is 0 Å². The van der Waals surface area contributed by atoms with Crippen LogP contribution in [0.2, 0.25) is 0 Å². The fourth-order valence-electron chi connectivity index (χ4n) is 1.87. The summed E-state index contributed by atoms with van der Waals surface area (Å²) in [4.78, 5) is 2.43. The largest absolute Gasteiger partial charge is 0.381 e. The van der Waals surface area contributed by atoms with E-state index in [2.05, 4.69) is 49.1 Å². The van der Waals surface area contributed by atoms with Gasteiger partial charge in [-0.05, 0) is 31.5 Å². The Morgan fingerprint density at radius 3 is 2.35 bits per heavy atom. The third kappa shape index (κ3) is 6.44. The molecule has 0 saturated carbocycles. The van der Waals surface area contributed by atoms with E-state index >= 15 is 0 Å². The topological polar surface area (TPSA) is 12.5 Å². The Labute approximate surface area is 106 Å². The molecule has 0 bridgehead atoms. The zero-order valence-electron chi connectivity index (χ0n) is 11.2. The van der Waals surface area contributed by atoms with Crippen LogP contribution < -0.4 is 0 Å². The highest BCUT2D eigenvalue weighted by molar-refractivity contribution is 5.14. The molecule has 2 nitrogen and oxygen atoms in total. The summed E-state index contributed by atoms with van der Waals surface area (Å²) < 4.78 is 5.65. The van der Waals surface area contributed by atoms with Gasteiger partial charge in [-0.3, -0.25) is 0 Å². The quantitative estimate of drug-likeness (QED) is 0.610. The normalized spacial score (nSPS) is 11.0. The third-order valence-corrected chi connectivity index (χ3v) is 3.04. The summed E-state index contributed by atoms with van der Waals surface area (Å²) in [6.07, 6.45) is 2.16. The Hall–Kier alpha value is -0.860. The molecule has 17 heavy (non-hydrogen) atoms. The minimum Gasteiger partial charge on any atom is -0.381 e. The number of hydrogen-bond acceptors (Lipinski definition) is 2. The van der Waals surface area contributed by atoms with Crippen molar-refractivity contribution >= 4 is 0 Å². The van der Waals surface area contributed by atoms with Crippen molar-refractivity contribution in [1.29, 1.82) is 0 Å².